The molecule has 3 fully saturated rings. The summed E-state index contributed by atoms with van der Waals surface area (Å²) in [5.41, 5.74) is 1.74. The number of fused-ring (bicyclic) bond motifs is 5. The molecule has 1 N–H and O–H groups in total. The van der Waals surface area contributed by atoms with E-state index in [0.29, 0.717) is 11.7 Å². The van der Waals surface area contributed by atoms with Crippen molar-refractivity contribution in [2.45, 2.75) is 64.4 Å². The van der Waals surface area contributed by atoms with Gasteiger partial charge in [-0.2, -0.15) is 0 Å². The Morgan fingerprint density at radius 1 is 1.05 bits per heavy atom. The Hall–Kier alpha value is -0.630. The first kappa shape index (κ1) is 13.1. The molecule has 4 aliphatic carbocycles. The highest BCUT2D eigenvalue weighted by atomic mass is 16.3. The molecular formula is C18H26O2. The van der Waals surface area contributed by atoms with Gasteiger partial charge in [0.05, 0.1) is 6.10 Å². The molecule has 6 atom stereocenters. The van der Waals surface area contributed by atoms with Gasteiger partial charge >= 0.3 is 0 Å². The number of allylic oxidation sites excluding steroid dienone is 1. The lowest BCUT2D eigenvalue weighted by molar-refractivity contribution is -0.117. The predicted molar refractivity (Wildman–Crippen MR) is 78.1 cm³/mol. The first-order valence-corrected chi connectivity index (χ1v) is 8.51. The molecule has 1 unspecified atom stereocenters. The van der Waals surface area contributed by atoms with Gasteiger partial charge in [0.15, 0.2) is 5.78 Å². The summed E-state index contributed by atoms with van der Waals surface area (Å²) in [7, 11) is 0. The lowest BCUT2D eigenvalue weighted by atomic mass is 9.50. The summed E-state index contributed by atoms with van der Waals surface area (Å²) in [4.78, 5) is 11.7. The van der Waals surface area contributed by atoms with E-state index in [2.05, 4.69) is 6.92 Å². The summed E-state index contributed by atoms with van der Waals surface area (Å²) in [6, 6.07) is 0. The largest absolute Gasteiger partial charge is 0.393 e. The summed E-state index contributed by atoms with van der Waals surface area (Å²) < 4.78 is 0. The number of hydrogen-bond donors (Lipinski definition) is 1. The quantitative estimate of drug-likeness (QED) is 0.734. The minimum absolute atomic E-state index is 0.0290. The lowest BCUT2D eigenvalue weighted by Crippen LogP contribution is -2.47. The normalized spacial score (nSPS) is 51.0. The van der Waals surface area contributed by atoms with Gasteiger partial charge in [0.2, 0.25) is 0 Å². The van der Waals surface area contributed by atoms with E-state index in [-0.39, 0.29) is 11.5 Å². The maximum atomic E-state index is 11.7. The Morgan fingerprint density at radius 2 is 1.85 bits per heavy atom. The average Bonchev–Trinajstić information content (AvgIpc) is 2.82. The van der Waals surface area contributed by atoms with Gasteiger partial charge in [-0.15, -0.1) is 0 Å². The first-order chi connectivity index (χ1) is 9.59. The van der Waals surface area contributed by atoms with E-state index in [1.54, 1.807) is 0 Å². The molecule has 0 spiro atoms. The summed E-state index contributed by atoms with van der Waals surface area (Å²) in [6.07, 6.45) is 10.9. The maximum Gasteiger partial charge on any atom is 0.155 e. The molecule has 0 aromatic rings. The van der Waals surface area contributed by atoms with E-state index < -0.39 is 0 Å². The highest BCUT2D eigenvalue weighted by Crippen LogP contribution is 2.61. The molecule has 2 nitrogen and oxygen atoms in total. The van der Waals surface area contributed by atoms with E-state index in [0.717, 1.165) is 43.4 Å². The van der Waals surface area contributed by atoms with Crippen molar-refractivity contribution in [3.05, 3.63) is 11.6 Å². The Balaban J connectivity index is 1.66. The van der Waals surface area contributed by atoms with Crippen LogP contribution in [0, 0.1) is 29.1 Å². The van der Waals surface area contributed by atoms with E-state index >= 15 is 0 Å². The van der Waals surface area contributed by atoms with E-state index in [4.69, 9.17) is 0 Å². The monoisotopic (exact) mass is 274 g/mol. The molecule has 2 heteroatoms. The summed E-state index contributed by atoms with van der Waals surface area (Å²) >= 11 is 0. The molecule has 4 aliphatic rings. The molecule has 20 heavy (non-hydrogen) atoms. The van der Waals surface area contributed by atoms with Crippen molar-refractivity contribution in [2.24, 2.45) is 29.1 Å². The van der Waals surface area contributed by atoms with E-state index in [1.165, 1.54) is 31.3 Å². The molecule has 0 aromatic heterocycles. The molecule has 0 aromatic carbocycles. The van der Waals surface area contributed by atoms with Gasteiger partial charge in [-0.3, -0.25) is 4.79 Å². The third-order valence-corrected chi connectivity index (χ3v) is 7.24. The zero-order valence-electron chi connectivity index (χ0n) is 12.5. The Morgan fingerprint density at radius 3 is 2.70 bits per heavy atom. The summed E-state index contributed by atoms with van der Waals surface area (Å²) in [6.45, 7) is 2.42. The third-order valence-electron chi connectivity index (χ3n) is 7.24. The van der Waals surface area contributed by atoms with Crippen LogP contribution in [0.1, 0.15) is 58.3 Å². The van der Waals surface area contributed by atoms with Crippen molar-refractivity contribution in [2.75, 3.05) is 0 Å². The molecule has 0 bridgehead atoms. The number of ketones is 1. The van der Waals surface area contributed by atoms with Crippen LogP contribution in [0.15, 0.2) is 11.6 Å². The maximum absolute atomic E-state index is 11.7. The van der Waals surface area contributed by atoms with E-state index in [1.807, 2.05) is 6.08 Å². The standard InChI is InChI=1S/C18H26O2/c1-18-9-8-12(19)10-11(18)2-3-14-13-5-7-17(20)15(13)4-6-16(14)18/h10,13-17,20H,2-9H2,1H3/t13-,14-,15?,16-,17-,18-/m0/s1. The fraction of sp³-hybridized carbons (Fsp3) is 0.833. The van der Waals surface area contributed by atoms with Crippen LogP contribution < -0.4 is 0 Å². The van der Waals surface area contributed by atoms with Crippen LogP contribution in [-0.2, 0) is 4.79 Å². The number of carbonyl (C=O) groups excluding carboxylic acids is 1. The van der Waals surface area contributed by atoms with Crippen molar-refractivity contribution >= 4 is 5.78 Å². The fourth-order valence-electron chi connectivity index (χ4n) is 6.18. The van der Waals surface area contributed by atoms with E-state index in [9.17, 15) is 9.90 Å². The van der Waals surface area contributed by atoms with Crippen LogP contribution in [0.25, 0.3) is 0 Å². The molecule has 3 saturated carbocycles. The van der Waals surface area contributed by atoms with Gasteiger partial charge in [-0.1, -0.05) is 12.5 Å². The smallest absolute Gasteiger partial charge is 0.155 e. The number of aliphatic hydroxyl groups is 1. The average molecular weight is 274 g/mol. The molecule has 0 heterocycles. The summed E-state index contributed by atoms with van der Waals surface area (Å²) in [5, 5.41) is 10.2. The Labute approximate surface area is 121 Å². The second kappa shape index (κ2) is 4.43. The zero-order chi connectivity index (χ0) is 13.9. The van der Waals surface area contributed by atoms with Crippen LogP contribution in [0.2, 0.25) is 0 Å². The van der Waals surface area contributed by atoms with Crippen molar-refractivity contribution < 1.29 is 9.90 Å². The van der Waals surface area contributed by atoms with Gasteiger partial charge in [0, 0.05) is 6.42 Å². The fourth-order valence-corrected chi connectivity index (χ4v) is 6.18. The van der Waals surface area contributed by atoms with Gasteiger partial charge in [0.1, 0.15) is 0 Å². The summed E-state index contributed by atoms with van der Waals surface area (Å²) in [5.74, 6) is 3.26. The van der Waals surface area contributed by atoms with Gasteiger partial charge in [0.25, 0.3) is 0 Å². The Bertz CT molecular complexity index is 466. The minimum Gasteiger partial charge on any atom is -0.393 e. The van der Waals surface area contributed by atoms with Crippen LogP contribution in [-0.4, -0.2) is 17.0 Å². The topological polar surface area (TPSA) is 37.3 Å². The second-order valence-corrected chi connectivity index (χ2v) is 7.91. The molecular weight excluding hydrogens is 248 g/mol. The number of carbonyl (C=O) groups is 1. The van der Waals surface area contributed by atoms with Crippen LogP contribution in [0.3, 0.4) is 0 Å². The van der Waals surface area contributed by atoms with Crippen molar-refractivity contribution in [1.82, 2.24) is 0 Å². The van der Waals surface area contributed by atoms with Crippen LogP contribution in [0.5, 0.6) is 0 Å². The minimum atomic E-state index is -0.0290. The highest BCUT2D eigenvalue weighted by molar-refractivity contribution is 5.91. The first-order valence-electron chi connectivity index (χ1n) is 8.51. The number of hydrogen-bond acceptors (Lipinski definition) is 2. The third kappa shape index (κ3) is 1.70. The van der Waals surface area contributed by atoms with Crippen LogP contribution in [0.4, 0.5) is 0 Å². The zero-order valence-corrected chi connectivity index (χ0v) is 12.5. The van der Waals surface area contributed by atoms with Gasteiger partial charge in [-0.05, 0) is 80.1 Å². The van der Waals surface area contributed by atoms with Crippen molar-refractivity contribution in [3.8, 4) is 0 Å². The Kier molecular flexibility index (Phi) is 2.89. The molecule has 0 radical (unpaired) electrons. The number of aliphatic hydroxyl groups excluding tert-OH is 1. The van der Waals surface area contributed by atoms with Gasteiger partial charge in [-0.25, -0.2) is 0 Å². The number of rotatable bonds is 0. The molecule has 0 amide bonds. The van der Waals surface area contributed by atoms with Crippen molar-refractivity contribution in [1.29, 1.82) is 0 Å². The SMILES string of the molecule is C[C@]12CCC(=O)C=C1CC[C@H]1[C@@H]3CC[C@H](O)C3CC[C@@H]12. The molecule has 0 aliphatic heterocycles. The predicted octanol–water partition coefficient (Wildman–Crippen LogP) is 3.49. The molecule has 4 rings (SSSR count). The lowest BCUT2D eigenvalue weighted by Gasteiger charge is -2.55. The van der Waals surface area contributed by atoms with Crippen molar-refractivity contribution in [3.63, 3.8) is 0 Å². The molecule has 0 saturated heterocycles. The van der Waals surface area contributed by atoms with Crippen LogP contribution >= 0.6 is 0 Å². The highest BCUT2D eigenvalue weighted by Gasteiger charge is 2.54. The van der Waals surface area contributed by atoms with Gasteiger partial charge < -0.3 is 5.11 Å². The molecule has 110 valence electrons. The second-order valence-electron chi connectivity index (χ2n) is 7.91.